The van der Waals surface area contributed by atoms with Gasteiger partial charge in [-0.2, -0.15) is 0 Å². The van der Waals surface area contributed by atoms with Crippen LogP contribution in [0.1, 0.15) is 20.8 Å². The Labute approximate surface area is 115 Å². The van der Waals surface area contributed by atoms with Gasteiger partial charge in [-0.3, -0.25) is 0 Å². The Balaban J connectivity index is -0.000000270. The Kier molecular flexibility index (Phi) is 14.6. The monoisotopic (exact) mass is 426 g/mol. The minimum atomic E-state index is -0.294. The van der Waals surface area contributed by atoms with Gasteiger partial charge in [0.05, 0.1) is 0 Å². The summed E-state index contributed by atoms with van der Waals surface area (Å²) in [6.07, 6.45) is 0. The summed E-state index contributed by atoms with van der Waals surface area (Å²) in [5.41, 5.74) is 1.67. The molecule has 0 saturated heterocycles. The van der Waals surface area contributed by atoms with E-state index >= 15 is 0 Å². The number of rotatable bonds is 0. The summed E-state index contributed by atoms with van der Waals surface area (Å²) in [4.78, 5) is 0. The summed E-state index contributed by atoms with van der Waals surface area (Å²) < 4.78 is 3.58. The van der Waals surface area contributed by atoms with Crippen LogP contribution in [-0.4, -0.2) is 26.3 Å². The fourth-order valence-corrected chi connectivity index (χ4v) is 24.0. The molecule has 1 aliphatic rings. The molecule has 1 atom stereocenters. The van der Waals surface area contributed by atoms with E-state index in [1.807, 2.05) is 26.5 Å². The summed E-state index contributed by atoms with van der Waals surface area (Å²) in [5, 5.41) is 0. The van der Waals surface area contributed by atoms with Crippen LogP contribution in [0.4, 0.5) is 0 Å². The molecule has 1 rings (SSSR count). The molecule has 0 amide bonds. The van der Waals surface area contributed by atoms with E-state index in [0.29, 0.717) is 13.2 Å². The standard InChI is InChI=1S/C6H9As2.3ClH.Zr/c1-4-5(2)7-8-6(4)3;;;;/h1-3H3;3*1H;/q-1;;;;+4/p-3. The van der Waals surface area contributed by atoms with Crippen LogP contribution < -0.4 is 37.2 Å². The molecular weight excluding hydrogens is 419 g/mol. The van der Waals surface area contributed by atoms with E-state index in [2.05, 4.69) is 20.8 Å². The molecule has 0 N–H and O–H groups in total. The number of hydrogen-bond donors (Lipinski definition) is 0. The van der Waals surface area contributed by atoms with Crippen LogP contribution in [0.2, 0.25) is 0 Å². The largest absolute Gasteiger partial charge is 1.00 e. The summed E-state index contributed by atoms with van der Waals surface area (Å²) >= 11 is 2.56. The average Bonchev–Trinajstić information content (AvgIpc) is 1.98. The molecule has 1 heterocycles. The molecule has 0 aliphatic carbocycles. The number of allylic oxidation sites excluding steroid dienone is 2. The molecule has 1 aliphatic heterocycles. The van der Waals surface area contributed by atoms with Crippen molar-refractivity contribution in [2.75, 3.05) is 0 Å². The SMILES string of the molecule is CC1=[As][As]([Zr+3])C(C)=C1C.[Cl-].[Cl-].[Cl-]. The predicted molar refractivity (Wildman–Crippen MR) is 40.6 cm³/mol. The molecule has 1 unspecified atom stereocenters. The zero-order chi connectivity index (χ0) is 7.02. The summed E-state index contributed by atoms with van der Waals surface area (Å²) in [6, 6.07) is 0. The van der Waals surface area contributed by atoms with E-state index in [9.17, 15) is 0 Å². The molecule has 0 nitrogen and oxygen atoms in total. The predicted octanol–water partition coefficient (Wildman–Crippen LogP) is -8.18. The van der Waals surface area contributed by atoms with Crippen LogP contribution in [0.15, 0.2) is 9.93 Å². The van der Waals surface area contributed by atoms with Gasteiger partial charge in [0.25, 0.3) is 0 Å². The zero-order valence-corrected chi connectivity index (χ0v) is 15.5. The molecular formula is C6H9As2Cl3Zr. The third kappa shape index (κ3) is 4.82. The maximum Gasteiger partial charge on any atom is -1.00 e. The molecule has 12 heavy (non-hydrogen) atoms. The van der Waals surface area contributed by atoms with Gasteiger partial charge in [-0.05, 0) is 0 Å². The van der Waals surface area contributed by atoms with Crippen LogP contribution in [0.5, 0.6) is 0 Å². The van der Waals surface area contributed by atoms with Crippen molar-refractivity contribution < 1.29 is 59.3 Å². The Hall–Kier alpha value is 2.48. The molecule has 0 aromatic heterocycles. The van der Waals surface area contributed by atoms with Gasteiger partial charge < -0.3 is 37.2 Å². The van der Waals surface area contributed by atoms with Gasteiger partial charge in [0.1, 0.15) is 0 Å². The van der Waals surface area contributed by atoms with Gasteiger partial charge in [0.2, 0.25) is 0 Å². The van der Waals surface area contributed by atoms with E-state index in [1.165, 1.54) is 0 Å². The minimum absolute atomic E-state index is 0. The molecule has 6 heteroatoms. The molecule has 0 fully saturated rings. The van der Waals surface area contributed by atoms with E-state index in [1.54, 1.807) is 9.88 Å². The smallest absolute Gasteiger partial charge is 1.00 e. The fraction of sp³-hybridized carbons (Fsp3) is 0.500. The van der Waals surface area contributed by atoms with E-state index in [-0.39, 0.29) is 46.0 Å². The van der Waals surface area contributed by atoms with Crippen molar-refractivity contribution in [1.29, 1.82) is 0 Å². The Bertz CT molecular complexity index is 203. The first kappa shape index (κ1) is 20.0. The molecule has 0 bridgehead atoms. The Morgan fingerprint density at radius 1 is 1.08 bits per heavy atom. The van der Waals surface area contributed by atoms with E-state index in [4.69, 9.17) is 0 Å². The first-order valence-electron chi connectivity index (χ1n) is 2.87. The Morgan fingerprint density at radius 3 is 1.58 bits per heavy atom. The molecule has 0 spiro atoms. The van der Waals surface area contributed by atoms with Crippen molar-refractivity contribution in [3.63, 3.8) is 0 Å². The third-order valence-electron chi connectivity index (χ3n) is 1.65. The first-order valence-corrected chi connectivity index (χ1v) is 16.6. The minimum Gasteiger partial charge on any atom is -1.00 e. The first-order chi connectivity index (χ1) is 4.13. The van der Waals surface area contributed by atoms with Gasteiger partial charge in [-0.15, -0.1) is 0 Å². The molecule has 0 saturated carbocycles. The number of hydrogen-bond acceptors (Lipinski definition) is 0. The third-order valence-corrected chi connectivity index (χ3v) is 25.1. The maximum absolute atomic E-state index is 2.36. The van der Waals surface area contributed by atoms with Crippen molar-refractivity contribution in [2.45, 2.75) is 20.8 Å². The van der Waals surface area contributed by atoms with Crippen molar-refractivity contribution in [1.82, 2.24) is 0 Å². The van der Waals surface area contributed by atoms with Gasteiger partial charge >= 0.3 is 79.1 Å². The average molecular weight is 429 g/mol. The second kappa shape index (κ2) is 8.76. The van der Waals surface area contributed by atoms with Crippen LogP contribution in [0.25, 0.3) is 0 Å². The normalized spacial score (nSPS) is 21.8. The molecule has 0 aromatic rings. The summed E-state index contributed by atoms with van der Waals surface area (Å²) in [6.45, 7) is 6.99. The van der Waals surface area contributed by atoms with Crippen molar-refractivity contribution in [3.05, 3.63) is 9.93 Å². The molecule has 68 valence electrons. The summed E-state index contributed by atoms with van der Waals surface area (Å²) in [7, 11) is -0.294. The second-order valence-electron chi connectivity index (χ2n) is 2.21. The van der Waals surface area contributed by atoms with Gasteiger partial charge in [0.15, 0.2) is 0 Å². The maximum atomic E-state index is 2.36. The van der Waals surface area contributed by atoms with Crippen LogP contribution in [-0.2, 0) is 22.1 Å². The van der Waals surface area contributed by atoms with Gasteiger partial charge in [-0.25, -0.2) is 0 Å². The van der Waals surface area contributed by atoms with Crippen molar-refractivity contribution in [3.8, 4) is 0 Å². The van der Waals surface area contributed by atoms with Crippen LogP contribution >= 0.6 is 0 Å². The zero-order valence-electron chi connectivity index (χ0n) is 7.03. The molecule has 0 aromatic carbocycles. The fourth-order valence-electron chi connectivity index (χ4n) is 0.721. The van der Waals surface area contributed by atoms with E-state index < -0.39 is 0 Å². The molecule has 0 radical (unpaired) electrons. The Morgan fingerprint density at radius 2 is 1.50 bits per heavy atom. The van der Waals surface area contributed by atoms with Crippen LogP contribution in [0.3, 0.4) is 0 Å². The topological polar surface area (TPSA) is 0 Å². The van der Waals surface area contributed by atoms with Gasteiger partial charge in [-0.1, -0.05) is 0 Å². The summed E-state index contributed by atoms with van der Waals surface area (Å²) in [5.74, 6) is 0. The van der Waals surface area contributed by atoms with Gasteiger partial charge in [0, 0.05) is 0 Å². The van der Waals surface area contributed by atoms with E-state index in [0.717, 1.165) is 0 Å². The van der Waals surface area contributed by atoms with Crippen molar-refractivity contribution in [2.24, 2.45) is 0 Å². The number of halogens is 3. The second-order valence-corrected chi connectivity index (χ2v) is 29.4. The van der Waals surface area contributed by atoms with Crippen LogP contribution in [0, 0.1) is 0 Å². The quantitative estimate of drug-likeness (QED) is 0.337. The van der Waals surface area contributed by atoms with Crippen molar-refractivity contribution >= 4 is 26.3 Å².